The Balaban J connectivity index is 3.17. The molecule has 8 heteroatoms. The molecule has 1 atom stereocenters. The van der Waals surface area contributed by atoms with E-state index in [1.807, 2.05) is 20.8 Å². The maximum Gasteiger partial charge on any atom is 0.341 e. The monoisotopic (exact) mass is 399 g/mol. The SMILES string of the molecule is CCCC(C)NC(=S)Nc1sc(C(=O)N(CC)CC)c(C)c1C(=O)OC. The van der Waals surface area contributed by atoms with Gasteiger partial charge in [0.2, 0.25) is 0 Å². The lowest BCUT2D eigenvalue weighted by Gasteiger charge is -2.18. The van der Waals surface area contributed by atoms with Gasteiger partial charge in [-0.3, -0.25) is 4.79 Å². The van der Waals surface area contributed by atoms with Crippen LogP contribution in [0, 0.1) is 6.92 Å². The van der Waals surface area contributed by atoms with Crippen LogP contribution < -0.4 is 10.6 Å². The second kappa shape index (κ2) is 10.5. The van der Waals surface area contributed by atoms with Crippen molar-refractivity contribution < 1.29 is 14.3 Å². The van der Waals surface area contributed by atoms with Crippen molar-refractivity contribution in [2.45, 2.75) is 53.5 Å². The van der Waals surface area contributed by atoms with E-state index in [9.17, 15) is 9.59 Å². The zero-order valence-electron chi connectivity index (χ0n) is 16.4. The van der Waals surface area contributed by atoms with Gasteiger partial charge in [-0.05, 0) is 51.9 Å². The molecule has 1 aromatic heterocycles. The van der Waals surface area contributed by atoms with Gasteiger partial charge in [-0.1, -0.05) is 13.3 Å². The number of anilines is 1. The van der Waals surface area contributed by atoms with Crippen LogP contribution in [0.15, 0.2) is 0 Å². The summed E-state index contributed by atoms with van der Waals surface area (Å²) in [5.41, 5.74) is 0.978. The minimum absolute atomic E-state index is 0.0890. The highest BCUT2D eigenvalue weighted by Crippen LogP contribution is 2.34. The Morgan fingerprint density at radius 1 is 1.27 bits per heavy atom. The molecule has 1 aromatic rings. The highest BCUT2D eigenvalue weighted by molar-refractivity contribution is 7.80. The summed E-state index contributed by atoms with van der Waals surface area (Å²) in [6, 6.07) is 0.222. The first-order chi connectivity index (χ1) is 12.3. The Morgan fingerprint density at radius 2 is 1.88 bits per heavy atom. The molecule has 0 spiro atoms. The summed E-state index contributed by atoms with van der Waals surface area (Å²) in [6.45, 7) is 11.0. The Morgan fingerprint density at radius 3 is 2.38 bits per heavy atom. The number of esters is 1. The van der Waals surface area contributed by atoms with Crippen LogP contribution in [0.2, 0.25) is 0 Å². The van der Waals surface area contributed by atoms with Gasteiger partial charge in [0, 0.05) is 19.1 Å². The second-order valence-electron chi connectivity index (χ2n) is 6.02. The normalized spacial score (nSPS) is 11.6. The molecular weight excluding hydrogens is 370 g/mol. The third-order valence-corrected chi connectivity index (χ3v) is 5.52. The average molecular weight is 400 g/mol. The fourth-order valence-corrected chi connectivity index (χ4v) is 4.21. The van der Waals surface area contributed by atoms with Gasteiger partial charge in [0.15, 0.2) is 5.11 Å². The summed E-state index contributed by atoms with van der Waals surface area (Å²) in [5.74, 6) is -0.571. The molecule has 6 nitrogen and oxygen atoms in total. The van der Waals surface area contributed by atoms with Crippen molar-refractivity contribution in [3.8, 4) is 0 Å². The topological polar surface area (TPSA) is 70.7 Å². The molecule has 1 rings (SSSR count). The minimum atomic E-state index is -0.482. The third-order valence-electron chi connectivity index (χ3n) is 4.11. The third kappa shape index (κ3) is 5.41. The number of thiocarbonyl (C=S) groups is 1. The summed E-state index contributed by atoms with van der Waals surface area (Å²) in [4.78, 5) is 27.3. The van der Waals surface area contributed by atoms with Crippen LogP contribution in [0.3, 0.4) is 0 Å². The summed E-state index contributed by atoms with van der Waals surface area (Å²) in [7, 11) is 1.33. The van der Waals surface area contributed by atoms with Crippen LogP contribution in [0.5, 0.6) is 0 Å². The molecule has 0 aromatic carbocycles. The second-order valence-corrected chi connectivity index (χ2v) is 7.45. The highest BCUT2D eigenvalue weighted by atomic mass is 32.1. The van der Waals surface area contributed by atoms with E-state index in [2.05, 4.69) is 17.6 Å². The lowest BCUT2D eigenvalue weighted by molar-refractivity contribution is 0.0601. The van der Waals surface area contributed by atoms with E-state index >= 15 is 0 Å². The van der Waals surface area contributed by atoms with Crippen molar-refractivity contribution in [2.75, 3.05) is 25.5 Å². The van der Waals surface area contributed by atoms with E-state index in [4.69, 9.17) is 17.0 Å². The molecule has 0 saturated heterocycles. The molecule has 2 N–H and O–H groups in total. The highest BCUT2D eigenvalue weighted by Gasteiger charge is 2.27. The number of thiophene rings is 1. The van der Waals surface area contributed by atoms with Crippen LogP contribution in [0.25, 0.3) is 0 Å². The van der Waals surface area contributed by atoms with Gasteiger partial charge in [-0.15, -0.1) is 11.3 Å². The van der Waals surface area contributed by atoms with Gasteiger partial charge in [0.05, 0.1) is 17.6 Å². The number of carbonyl (C=O) groups is 2. The summed E-state index contributed by atoms with van der Waals surface area (Å²) in [6.07, 6.45) is 2.03. The van der Waals surface area contributed by atoms with Gasteiger partial charge >= 0.3 is 5.97 Å². The fourth-order valence-electron chi connectivity index (χ4n) is 2.68. The zero-order valence-corrected chi connectivity index (χ0v) is 18.0. The smallest absolute Gasteiger partial charge is 0.341 e. The van der Waals surface area contributed by atoms with E-state index < -0.39 is 5.97 Å². The number of nitrogens with one attached hydrogen (secondary N) is 2. The van der Waals surface area contributed by atoms with Gasteiger partial charge in [-0.2, -0.15) is 0 Å². The van der Waals surface area contributed by atoms with Crippen molar-refractivity contribution in [1.29, 1.82) is 0 Å². The van der Waals surface area contributed by atoms with Crippen LogP contribution in [0.1, 0.15) is 66.1 Å². The molecule has 0 saturated carbocycles. The van der Waals surface area contributed by atoms with Crippen molar-refractivity contribution >= 4 is 45.5 Å². The van der Waals surface area contributed by atoms with Gasteiger partial charge < -0.3 is 20.3 Å². The Bertz CT molecular complexity index is 654. The molecular formula is C18H29N3O3S2. The predicted octanol–water partition coefficient (Wildman–Crippen LogP) is 3.80. The lowest BCUT2D eigenvalue weighted by atomic mass is 10.1. The molecule has 0 bridgehead atoms. The van der Waals surface area contributed by atoms with E-state index in [-0.39, 0.29) is 11.9 Å². The number of amides is 1. The number of methoxy groups -OCH3 is 1. The van der Waals surface area contributed by atoms with Crippen LogP contribution in [-0.4, -0.2) is 48.1 Å². The molecule has 26 heavy (non-hydrogen) atoms. The fraction of sp³-hybridized carbons (Fsp3) is 0.611. The molecule has 146 valence electrons. The van der Waals surface area contributed by atoms with Crippen molar-refractivity contribution in [3.05, 3.63) is 16.0 Å². The molecule has 0 aliphatic carbocycles. The number of hydrogen-bond donors (Lipinski definition) is 2. The number of ether oxygens (including phenoxy) is 1. The first kappa shape index (κ1) is 22.4. The zero-order chi connectivity index (χ0) is 19.9. The van der Waals surface area contributed by atoms with Crippen molar-refractivity contribution in [3.63, 3.8) is 0 Å². The van der Waals surface area contributed by atoms with E-state index in [1.54, 1.807) is 11.8 Å². The predicted molar refractivity (Wildman–Crippen MR) is 111 cm³/mol. The maximum atomic E-state index is 12.8. The van der Waals surface area contributed by atoms with Gasteiger partial charge in [-0.25, -0.2) is 4.79 Å². The van der Waals surface area contributed by atoms with Crippen LogP contribution in [-0.2, 0) is 4.74 Å². The van der Waals surface area contributed by atoms with E-state index in [0.717, 1.165) is 12.8 Å². The molecule has 1 amide bonds. The quantitative estimate of drug-likeness (QED) is 0.512. The number of rotatable bonds is 8. The Labute approximate surface area is 165 Å². The lowest BCUT2D eigenvalue weighted by Crippen LogP contribution is -2.35. The molecule has 0 aliphatic rings. The molecule has 0 fully saturated rings. The molecule has 1 heterocycles. The van der Waals surface area contributed by atoms with Gasteiger partial charge in [0.25, 0.3) is 5.91 Å². The largest absolute Gasteiger partial charge is 0.465 e. The minimum Gasteiger partial charge on any atom is -0.465 e. The maximum absolute atomic E-state index is 12.8. The van der Waals surface area contributed by atoms with Crippen LogP contribution >= 0.6 is 23.6 Å². The van der Waals surface area contributed by atoms with Crippen molar-refractivity contribution in [2.24, 2.45) is 0 Å². The summed E-state index contributed by atoms with van der Waals surface area (Å²) < 4.78 is 4.90. The molecule has 0 aliphatic heterocycles. The number of carbonyl (C=O) groups excluding carboxylic acids is 2. The summed E-state index contributed by atoms with van der Waals surface area (Å²) in [5, 5.41) is 7.23. The van der Waals surface area contributed by atoms with Gasteiger partial charge in [0.1, 0.15) is 5.00 Å². The van der Waals surface area contributed by atoms with E-state index in [0.29, 0.717) is 39.2 Å². The first-order valence-electron chi connectivity index (χ1n) is 8.88. The Kier molecular flexibility index (Phi) is 9.01. The Hall–Kier alpha value is -1.67. The summed E-state index contributed by atoms with van der Waals surface area (Å²) >= 11 is 6.60. The average Bonchev–Trinajstić information content (AvgIpc) is 2.91. The standard InChI is InChI=1S/C18H29N3O3S2/c1-7-10-11(4)19-18(25)20-15-13(17(23)24-6)12(5)14(26-15)16(22)21(8-2)9-3/h11H,7-10H2,1-6H3,(H2,19,20,25). The van der Waals surface area contributed by atoms with E-state index in [1.165, 1.54) is 18.4 Å². The number of nitrogens with zero attached hydrogens (tertiary/aromatic N) is 1. The van der Waals surface area contributed by atoms with Crippen LogP contribution in [0.4, 0.5) is 5.00 Å². The first-order valence-corrected chi connectivity index (χ1v) is 10.1. The molecule has 1 unspecified atom stereocenters. The van der Waals surface area contributed by atoms with Crippen molar-refractivity contribution in [1.82, 2.24) is 10.2 Å². The molecule has 0 radical (unpaired) electrons. The number of hydrogen-bond acceptors (Lipinski definition) is 5.